The molecule has 0 unspecified atom stereocenters. The zero-order chi connectivity index (χ0) is 21.8. The van der Waals surface area contributed by atoms with E-state index in [1.54, 1.807) is 22.9 Å². The van der Waals surface area contributed by atoms with Crippen molar-refractivity contribution in [3.63, 3.8) is 0 Å². The Kier molecular flexibility index (Phi) is 4.36. The van der Waals surface area contributed by atoms with Crippen LogP contribution < -0.4 is 4.90 Å². The highest BCUT2D eigenvalue weighted by molar-refractivity contribution is 6.31. The summed E-state index contributed by atoms with van der Waals surface area (Å²) in [7, 11) is 1.86. The van der Waals surface area contributed by atoms with E-state index in [1.165, 1.54) is 0 Å². The monoisotopic (exact) mass is 439 g/mol. The van der Waals surface area contributed by atoms with Crippen LogP contribution in [-0.4, -0.2) is 43.3 Å². The molecule has 2 aromatic carbocycles. The van der Waals surface area contributed by atoms with Crippen LogP contribution in [-0.2, 0) is 0 Å². The molecule has 1 aliphatic carbocycles. The molecule has 4 aromatic rings. The first-order valence-corrected chi connectivity index (χ1v) is 9.87. The Bertz CT molecular complexity index is 1380. The molecular formula is C22H16ClF2N5O. The van der Waals surface area contributed by atoms with Gasteiger partial charge in [-0.2, -0.15) is 4.98 Å². The molecule has 5 rings (SSSR count). The van der Waals surface area contributed by atoms with Crippen molar-refractivity contribution in [1.82, 2.24) is 19.6 Å². The van der Waals surface area contributed by atoms with E-state index in [2.05, 4.69) is 27.0 Å². The summed E-state index contributed by atoms with van der Waals surface area (Å²) in [5.74, 6) is 3.64. The standard InChI is InChI=1S/C22H16ClF2N5O/c1-29(16-4-2-3-14(9-16)7-8-21(31)11-22(24,25)12-21)19-17-6-5-15(23)10-18(17)30-13-26-28-20(30)27-19/h2-6,9-10,13,31H,11-12H2,1H3. The molecule has 0 saturated heterocycles. The highest BCUT2D eigenvalue weighted by Crippen LogP contribution is 2.45. The molecule has 0 spiro atoms. The molecule has 2 heterocycles. The molecular weight excluding hydrogens is 424 g/mol. The molecule has 9 heteroatoms. The maximum absolute atomic E-state index is 13.1. The number of anilines is 2. The van der Waals surface area contributed by atoms with E-state index in [4.69, 9.17) is 11.6 Å². The molecule has 0 bridgehead atoms. The van der Waals surface area contributed by atoms with Gasteiger partial charge in [-0.3, -0.25) is 4.40 Å². The second kappa shape index (κ2) is 6.87. The molecule has 156 valence electrons. The van der Waals surface area contributed by atoms with Crippen molar-refractivity contribution >= 4 is 39.8 Å². The van der Waals surface area contributed by atoms with Gasteiger partial charge in [0.05, 0.1) is 18.4 Å². The third-order valence-electron chi connectivity index (χ3n) is 5.29. The van der Waals surface area contributed by atoms with Gasteiger partial charge in [-0.25, -0.2) is 8.78 Å². The minimum Gasteiger partial charge on any atom is -0.377 e. The maximum Gasteiger partial charge on any atom is 0.257 e. The molecule has 0 aliphatic heterocycles. The Morgan fingerprint density at radius 3 is 2.77 bits per heavy atom. The number of alkyl halides is 2. The van der Waals surface area contributed by atoms with Crippen LogP contribution in [0.3, 0.4) is 0 Å². The summed E-state index contributed by atoms with van der Waals surface area (Å²) in [4.78, 5) is 6.51. The summed E-state index contributed by atoms with van der Waals surface area (Å²) in [6, 6.07) is 12.8. The summed E-state index contributed by atoms with van der Waals surface area (Å²) in [5.41, 5.74) is 0.559. The first-order valence-electron chi connectivity index (χ1n) is 9.49. The van der Waals surface area contributed by atoms with Gasteiger partial charge in [-0.05, 0) is 36.4 Å². The van der Waals surface area contributed by atoms with Gasteiger partial charge in [0.25, 0.3) is 11.7 Å². The Labute approximate surface area is 181 Å². The summed E-state index contributed by atoms with van der Waals surface area (Å²) in [6.07, 6.45) is 0.308. The van der Waals surface area contributed by atoms with Gasteiger partial charge in [0.1, 0.15) is 17.7 Å². The van der Waals surface area contributed by atoms with Crippen molar-refractivity contribution in [1.29, 1.82) is 0 Å². The van der Waals surface area contributed by atoms with Crippen molar-refractivity contribution < 1.29 is 13.9 Å². The second-order valence-corrected chi connectivity index (χ2v) is 8.13. The molecule has 0 atom stereocenters. The number of rotatable bonds is 2. The first kappa shape index (κ1) is 19.7. The van der Waals surface area contributed by atoms with Crippen LogP contribution >= 0.6 is 11.6 Å². The van der Waals surface area contributed by atoms with Crippen LogP contribution in [0.4, 0.5) is 20.3 Å². The minimum absolute atomic E-state index is 0.431. The average molecular weight is 440 g/mol. The van der Waals surface area contributed by atoms with Crippen LogP contribution in [0.15, 0.2) is 48.8 Å². The SMILES string of the molecule is CN(c1cccc(C#CC2(O)CC(F)(F)C2)c1)c1nc2nncn2c2cc(Cl)ccc12. The van der Waals surface area contributed by atoms with E-state index in [1.807, 2.05) is 42.3 Å². The lowest BCUT2D eigenvalue weighted by Gasteiger charge is -2.39. The third kappa shape index (κ3) is 3.56. The van der Waals surface area contributed by atoms with E-state index in [-0.39, 0.29) is 0 Å². The lowest BCUT2D eigenvalue weighted by atomic mass is 9.77. The number of fused-ring (bicyclic) bond motifs is 3. The maximum atomic E-state index is 13.1. The Hall–Kier alpha value is -3.28. The fourth-order valence-corrected chi connectivity index (χ4v) is 3.94. The molecule has 1 saturated carbocycles. The van der Waals surface area contributed by atoms with Crippen LogP contribution in [0.2, 0.25) is 5.02 Å². The number of benzene rings is 2. The van der Waals surface area contributed by atoms with E-state index in [0.29, 0.717) is 22.2 Å². The molecule has 31 heavy (non-hydrogen) atoms. The quantitative estimate of drug-likeness (QED) is 0.474. The molecule has 1 aliphatic rings. The number of nitrogens with zero attached hydrogens (tertiary/aromatic N) is 5. The molecule has 1 N–H and O–H groups in total. The number of hydrogen-bond acceptors (Lipinski definition) is 5. The van der Waals surface area contributed by atoms with Gasteiger partial charge >= 0.3 is 0 Å². The van der Waals surface area contributed by atoms with Crippen LogP contribution in [0.1, 0.15) is 18.4 Å². The fraction of sp³-hybridized carbons (Fsp3) is 0.227. The average Bonchev–Trinajstić information content (AvgIpc) is 3.19. The van der Waals surface area contributed by atoms with E-state index in [9.17, 15) is 13.9 Å². The predicted molar refractivity (Wildman–Crippen MR) is 114 cm³/mol. The van der Waals surface area contributed by atoms with Crippen molar-refractivity contribution in [2.24, 2.45) is 0 Å². The number of aliphatic hydroxyl groups is 1. The Morgan fingerprint density at radius 1 is 1.19 bits per heavy atom. The number of hydrogen-bond donors (Lipinski definition) is 1. The van der Waals surface area contributed by atoms with Gasteiger partial charge < -0.3 is 10.0 Å². The zero-order valence-corrected chi connectivity index (χ0v) is 17.1. The van der Waals surface area contributed by atoms with E-state index in [0.717, 1.165) is 16.6 Å². The minimum atomic E-state index is -2.85. The molecule has 6 nitrogen and oxygen atoms in total. The first-order chi connectivity index (χ1) is 14.7. The van der Waals surface area contributed by atoms with Gasteiger partial charge in [0.15, 0.2) is 0 Å². The predicted octanol–water partition coefficient (Wildman–Crippen LogP) is 4.21. The topological polar surface area (TPSA) is 66.5 Å². The van der Waals surface area contributed by atoms with E-state index >= 15 is 0 Å². The van der Waals surface area contributed by atoms with Crippen molar-refractivity contribution in [3.05, 3.63) is 59.4 Å². The van der Waals surface area contributed by atoms with Gasteiger partial charge in [-0.1, -0.05) is 29.5 Å². The van der Waals surface area contributed by atoms with Gasteiger partial charge in [0.2, 0.25) is 0 Å². The second-order valence-electron chi connectivity index (χ2n) is 7.70. The highest BCUT2D eigenvalue weighted by Gasteiger charge is 2.55. The lowest BCUT2D eigenvalue weighted by molar-refractivity contribution is -0.176. The molecule has 2 aromatic heterocycles. The highest BCUT2D eigenvalue weighted by atomic mass is 35.5. The van der Waals surface area contributed by atoms with Crippen molar-refractivity contribution in [2.45, 2.75) is 24.4 Å². The normalized spacial score (nSPS) is 16.5. The molecule has 1 fully saturated rings. The van der Waals surface area contributed by atoms with Gasteiger partial charge in [0, 0.05) is 28.7 Å². The van der Waals surface area contributed by atoms with Crippen LogP contribution in [0.25, 0.3) is 16.7 Å². The summed E-state index contributed by atoms with van der Waals surface area (Å²) >= 11 is 6.19. The number of halogens is 3. The zero-order valence-electron chi connectivity index (χ0n) is 16.4. The molecule has 0 radical (unpaired) electrons. The smallest absolute Gasteiger partial charge is 0.257 e. The summed E-state index contributed by atoms with van der Waals surface area (Å²) < 4.78 is 28.0. The largest absolute Gasteiger partial charge is 0.377 e. The molecule has 0 amide bonds. The number of aromatic nitrogens is 4. The van der Waals surface area contributed by atoms with Crippen LogP contribution in [0, 0.1) is 11.8 Å². The Morgan fingerprint density at radius 2 is 2.00 bits per heavy atom. The van der Waals surface area contributed by atoms with Crippen LogP contribution in [0.5, 0.6) is 0 Å². The summed E-state index contributed by atoms with van der Waals surface area (Å²) in [5, 5.41) is 19.5. The van der Waals surface area contributed by atoms with E-state index < -0.39 is 24.4 Å². The van der Waals surface area contributed by atoms with Crippen molar-refractivity contribution in [2.75, 3.05) is 11.9 Å². The fourth-order valence-electron chi connectivity index (χ4n) is 3.77. The third-order valence-corrected chi connectivity index (χ3v) is 5.52. The summed E-state index contributed by atoms with van der Waals surface area (Å²) in [6.45, 7) is 0. The van der Waals surface area contributed by atoms with Crippen molar-refractivity contribution in [3.8, 4) is 11.8 Å². The Balaban J connectivity index is 1.53. The lowest BCUT2D eigenvalue weighted by Crippen LogP contribution is -2.50. The van der Waals surface area contributed by atoms with Gasteiger partial charge in [-0.15, -0.1) is 10.2 Å².